The summed E-state index contributed by atoms with van der Waals surface area (Å²) >= 11 is 0. The van der Waals surface area contributed by atoms with E-state index in [1.54, 1.807) is 11.0 Å². The smallest absolute Gasteiger partial charge is 0.272 e. The Labute approximate surface area is 162 Å². The molecule has 1 aliphatic heterocycles. The van der Waals surface area contributed by atoms with Crippen molar-refractivity contribution in [3.63, 3.8) is 0 Å². The number of halogens is 1. The number of rotatable bonds is 5. The van der Waals surface area contributed by atoms with E-state index in [0.29, 0.717) is 23.8 Å². The van der Waals surface area contributed by atoms with Crippen LogP contribution in [0.2, 0.25) is 0 Å². The van der Waals surface area contributed by atoms with E-state index >= 15 is 0 Å². The van der Waals surface area contributed by atoms with Gasteiger partial charge in [-0.1, -0.05) is 6.07 Å². The third-order valence-electron chi connectivity index (χ3n) is 5.36. The van der Waals surface area contributed by atoms with Gasteiger partial charge in [-0.25, -0.2) is 9.37 Å². The number of hydrogen-bond donors (Lipinski definition) is 2. The van der Waals surface area contributed by atoms with Crippen LogP contribution in [0.1, 0.15) is 33.7 Å². The van der Waals surface area contributed by atoms with Crippen molar-refractivity contribution >= 4 is 22.6 Å². The maximum atomic E-state index is 13.4. The summed E-state index contributed by atoms with van der Waals surface area (Å²) in [6.45, 7) is 5.97. The number of carbonyl (C=O) groups excluding carboxylic acids is 1. The number of hydrogen-bond acceptors (Lipinski definition) is 4. The summed E-state index contributed by atoms with van der Waals surface area (Å²) in [5, 5.41) is 4.27. The Balaban J connectivity index is 1.71. The molecule has 1 aromatic carbocycles. The number of ether oxygens (including phenoxy) is 1. The summed E-state index contributed by atoms with van der Waals surface area (Å²) in [7, 11) is 1.51. The van der Waals surface area contributed by atoms with E-state index < -0.39 is 0 Å². The Kier molecular flexibility index (Phi) is 4.66. The first-order valence-corrected chi connectivity index (χ1v) is 9.33. The zero-order valence-corrected chi connectivity index (χ0v) is 16.2. The third-order valence-corrected chi connectivity index (χ3v) is 5.36. The highest BCUT2D eigenvalue weighted by Gasteiger charge is 2.24. The fourth-order valence-electron chi connectivity index (χ4n) is 3.41. The van der Waals surface area contributed by atoms with E-state index in [4.69, 9.17) is 4.74 Å². The van der Waals surface area contributed by atoms with Crippen LogP contribution in [0.3, 0.4) is 0 Å². The number of carbonyl (C=O) groups is 1. The van der Waals surface area contributed by atoms with Crippen LogP contribution in [0, 0.1) is 19.7 Å². The molecule has 3 aromatic rings. The molecule has 2 aromatic heterocycles. The third kappa shape index (κ3) is 3.17. The standard InChI is InChI=1S/C21H23FN4O2/c1-12-13(2)24-19-16(12)10-17(21(27)26-7-4-8-26)25-20(19)23-11-14-5-6-15(22)9-18(14)28-3/h5-6,9-10,24H,4,7-8,11H2,1-3H3,(H,23,25). The van der Waals surface area contributed by atoms with Crippen LogP contribution in [0.4, 0.5) is 10.2 Å². The van der Waals surface area contributed by atoms with E-state index in [2.05, 4.69) is 15.3 Å². The lowest BCUT2D eigenvalue weighted by molar-refractivity contribution is 0.0646. The van der Waals surface area contributed by atoms with E-state index in [-0.39, 0.29) is 11.7 Å². The number of aryl methyl sites for hydroxylation is 2. The first-order chi connectivity index (χ1) is 13.5. The van der Waals surface area contributed by atoms with Crippen molar-refractivity contribution in [1.29, 1.82) is 0 Å². The Bertz CT molecular complexity index is 1060. The molecule has 0 aliphatic carbocycles. The maximum Gasteiger partial charge on any atom is 0.272 e. The van der Waals surface area contributed by atoms with Crippen LogP contribution in [-0.4, -0.2) is 41.0 Å². The van der Waals surface area contributed by atoms with Crippen molar-refractivity contribution in [1.82, 2.24) is 14.9 Å². The van der Waals surface area contributed by atoms with Crippen LogP contribution < -0.4 is 10.1 Å². The van der Waals surface area contributed by atoms with Crippen LogP contribution in [0.15, 0.2) is 24.3 Å². The van der Waals surface area contributed by atoms with Crippen molar-refractivity contribution in [2.45, 2.75) is 26.8 Å². The van der Waals surface area contributed by atoms with Crippen molar-refractivity contribution in [2.75, 3.05) is 25.5 Å². The SMILES string of the molecule is COc1cc(F)ccc1CNc1nc(C(=O)N2CCC2)cc2c(C)c(C)[nH]c12. The minimum atomic E-state index is -0.348. The topological polar surface area (TPSA) is 70.2 Å². The van der Waals surface area contributed by atoms with Gasteiger partial charge in [-0.05, 0) is 38.0 Å². The minimum Gasteiger partial charge on any atom is -0.496 e. The molecule has 1 saturated heterocycles. The monoisotopic (exact) mass is 382 g/mol. The minimum absolute atomic E-state index is 0.0474. The number of methoxy groups -OCH3 is 1. The molecule has 7 heteroatoms. The number of likely N-dealkylation sites (tertiary alicyclic amines) is 1. The van der Waals surface area contributed by atoms with Gasteiger partial charge in [0, 0.05) is 42.3 Å². The Hall–Kier alpha value is -3.09. The number of anilines is 1. The Morgan fingerprint density at radius 3 is 2.79 bits per heavy atom. The molecule has 146 valence electrons. The first kappa shape index (κ1) is 18.3. The molecule has 0 saturated carbocycles. The van der Waals surface area contributed by atoms with Crippen molar-refractivity contribution in [3.05, 3.63) is 52.6 Å². The lowest BCUT2D eigenvalue weighted by atomic mass is 10.1. The lowest BCUT2D eigenvalue weighted by Gasteiger charge is -2.30. The van der Waals surface area contributed by atoms with Crippen molar-refractivity contribution < 1.29 is 13.9 Å². The predicted molar refractivity (Wildman–Crippen MR) is 106 cm³/mol. The Morgan fingerprint density at radius 1 is 1.32 bits per heavy atom. The molecule has 2 N–H and O–H groups in total. The number of H-pyrrole nitrogens is 1. The van der Waals surface area contributed by atoms with Gasteiger partial charge in [0.2, 0.25) is 0 Å². The number of nitrogens with one attached hydrogen (secondary N) is 2. The zero-order valence-electron chi connectivity index (χ0n) is 16.2. The number of aromatic amines is 1. The normalized spacial score (nSPS) is 13.5. The van der Waals surface area contributed by atoms with E-state index in [1.165, 1.54) is 19.2 Å². The van der Waals surface area contributed by atoms with Gasteiger partial charge < -0.3 is 19.9 Å². The summed E-state index contributed by atoms with van der Waals surface area (Å²) in [6.07, 6.45) is 1.03. The van der Waals surface area contributed by atoms with E-state index in [1.807, 2.05) is 19.9 Å². The zero-order chi connectivity index (χ0) is 19.8. The van der Waals surface area contributed by atoms with Gasteiger partial charge in [0.05, 0.1) is 12.6 Å². The fraction of sp³-hybridized carbons (Fsp3) is 0.333. The maximum absolute atomic E-state index is 13.4. The van der Waals surface area contributed by atoms with Gasteiger partial charge in [-0.3, -0.25) is 4.79 Å². The molecular formula is C21H23FN4O2. The molecular weight excluding hydrogens is 359 g/mol. The second kappa shape index (κ2) is 7.14. The number of benzene rings is 1. The molecule has 1 amide bonds. The second-order valence-electron chi connectivity index (χ2n) is 7.11. The highest BCUT2D eigenvalue weighted by atomic mass is 19.1. The molecule has 0 spiro atoms. The molecule has 0 radical (unpaired) electrons. The van der Waals surface area contributed by atoms with Crippen LogP contribution >= 0.6 is 0 Å². The predicted octanol–water partition coefficient (Wildman–Crippen LogP) is 3.79. The average Bonchev–Trinajstić information content (AvgIpc) is 2.93. The van der Waals surface area contributed by atoms with E-state index in [9.17, 15) is 9.18 Å². The second-order valence-corrected chi connectivity index (χ2v) is 7.11. The summed E-state index contributed by atoms with van der Waals surface area (Å²) in [5.74, 6) is 0.673. The summed E-state index contributed by atoms with van der Waals surface area (Å²) in [6, 6.07) is 6.29. The number of nitrogens with zero attached hydrogens (tertiary/aromatic N) is 2. The average molecular weight is 382 g/mol. The highest BCUT2D eigenvalue weighted by molar-refractivity contribution is 6.00. The largest absolute Gasteiger partial charge is 0.496 e. The number of fused-ring (bicyclic) bond motifs is 1. The van der Waals surface area contributed by atoms with E-state index in [0.717, 1.165) is 47.2 Å². The highest BCUT2D eigenvalue weighted by Crippen LogP contribution is 2.29. The van der Waals surface area contributed by atoms with Gasteiger partial charge >= 0.3 is 0 Å². The molecule has 1 aliphatic rings. The molecule has 28 heavy (non-hydrogen) atoms. The fourth-order valence-corrected chi connectivity index (χ4v) is 3.41. The molecule has 4 rings (SSSR count). The van der Waals surface area contributed by atoms with Gasteiger partial charge in [0.15, 0.2) is 5.82 Å². The number of aromatic nitrogens is 2. The van der Waals surface area contributed by atoms with Crippen LogP contribution in [0.5, 0.6) is 5.75 Å². The molecule has 0 unspecified atom stereocenters. The quantitative estimate of drug-likeness (QED) is 0.704. The number of pyridine rings is 1. The van der Waals surface area contributed by atoms with Gasteiger partial charge in [-0.15, -0.1) is 0 Å². The van der Waals surface area contributed by atoms with Gasteiger partial charge in [-0.2, -0.15) is 0 Å². The molecule has 1 fully saturated rings. The summed E-state index contributed by atoms with van der Waals surface area (Å²) < 4.78 is 18.7. The first-order valence-electron chi connectivity index (χ1n) is 9.33. The summed E-state index contributed by atoms with van der Waals surface area (Å²) in [5.41, 5.74) is 4.22. The van der Waals surface area contributed by atoms with Crippen LogP contribution in [-0.2, 0) is 6.54 Å². The van der Waals surface area contributed by atoms with Crippen molar-refractivity contribution in [2.24, 2.45) is 0 Å². The lowest BCUT2D eigenvalue weighted by Crippen LogP contribution is -2.42. The van der Waals surface area contributed by atoms with Crippen molar-refractivity contribution in [3.8, 4) is 5.75 Å². The molecule has 0 bridgehead atoms. The Morgan fingerprint density at radius 2 is 2.11 bits per heavy atom. The van der Waals surface area contributed by atoms with Gasteiger partial charge in [0.1, 0.15) is 17.3 Å². The molecule has 6 nitrogen and oxygen atoms in total. The molecule has 3 heterocycles. The molecule has 0 atom stereocenters. The van der Waals surface area contributed by atoms with Crippen LogP contribution in [0.25, 0.3) is 10.9 Å². The number of amides is 1. The summed E-state index contributed by atoms with van der Waals surface area (Å²) in [4.78, 5) is 22.5. The van der Waals surface area contributed by atoms with Gasteiger partial charge in [0.25, 0.3) is 5.91 Å².